The molecule has 0 atom stereocenters. The zero-order chi connectivity index (χ0) is 14.4. The highest BCUT2D eigenvalue weighted by Crippen LogP contribution is 2.26. The molecule has 0 aliphatic rings. The fraction of sp³-hybridized carbons (Fsp3) is 0.188. The van der Waals surface area contributed by atoms with Crippen molar-refractivity contribution in [1.82, 2.24) is 0 Å². The summed E-state index contributed by atoms with van der Waals surface area (Å²) in [5.41, 5.74) is 0.948. The predicted molar refractivity (Wildman–Crippen MR) is 75.2 cm³/mol. The zero-order valence-corrected chi connectivity index (χ0v) is 11.2. The molecule has 1 N–H and O–H groups in total. The van der Waals surface area contributed by atoms with Gasteiger partial charge in [0.25, 0.3) is 0 Å². The summed E-state index contributed by atoms with van der Waals surface area (Å²) in [5, 5.41) is 9.53. The third kappa shape index (κ3) is 3.51. The summed E-state index contributed by atoms with van der Waals surface area (Å²) in [6.07, 6.45) is 0.907. The van der Waals surface area contributed by atoms with Crippen LogP contribution in [0.4, 0.5) is 4.79 Å². The average molecular weight is 272 g/mol. The molecule has 0 fully saturated rings. The van der Waals surface area contributed by atoms with Crippen LogP contribution in [0.5, 0.6) is 17.2 Å². The number of para-hydroxylation sites is 3. The van der Waals surface area contributed by atoms with Crippen molar-refractivity contribution in [2.24, 2.45) is 0 Å². The summed E-state index contributed by atoms with van der Waals surface area (Å²) >= 11 is 0. The first-order valence-corrected chi connectivity index (χ1v) is 6.46. The number of hydrogen-bond donors (Lipinski definition) is 1. The highest BCUT2D eigenvalue weighted by Gasteiger charge is 2.12. The van der Waals surface area contributed by atoms with Crippen molar-refractivity contribution in [3.8, 4) is 17.2 Å². The van der Waals surface area contributed by atoms with Gasteiger partial charge in [-0.15, -0.1) is 0 Å². The number of aromatic hydroxyl groups is 1. The standard InChI is InChI=1S/C16H16O4/c1-2-7-12-8-3-5-10-14(12)19-16(18)20-15-11-6-4-9-13(15)17/h3-6,8-11,17H,2,7H2,1H3. The largest absolute Gasteiger partial charge is 0.519 e. The molecule has 2 aromatic rings. The zero-order valence-electron chi connectivity index (χ0n) is 11.2. The van der Waals surface area contributed by atoms with Crippen LogP contribution in [-0.2, 0) is 6.42 Å². The smallest absolute Gasteiger partial charge is 0.504 e. The maximum atomic E-state index is 11.7. The second-order valence-corrected chi connectivity index (χ2v) is 4.28. The quantitative estimate of drug-likeness (QED) is 0.677. The van der Waals surface area contributed by atoms with Crippen molar-refractivity contribution >= 4 is 6.16 Å². The highest BCUT2D eigenvalue weighted by atomic mass is 16.7. The Hall–Kier alpha value is -2.49. The molecule has 20 heavy (non-hydrogen) atoms. The lowest BCUT2D eigenvalue weighted by molar-refractivity contribution is 0.150. The minimum atomic E-state index is -0.866. The van der Waals surface area contributed by atoms with Gasteiger partial charge in [0, 0.05) is 0 Å². The first kappa shape index (κ1) is 13.9. The van der Waals surface area contributed by atoms with Crippen LogP contribution in [0.25, 0.3) is 0 Å². The summed E-state index contributed by atoms with van der Waals surface area (Å²) in [5.74, 6) is 0.450. The Morgan fingerprint density at radius 3 is 2.30 bits per heavy atom. The summed E-state index contributed by atoms with van der Waals surface area (Å²) in [6, 6.07) is 13.6. The second kappa shape index (κ2) is 6.61. The first-order valence-electron chi connectivity index (χ1n) is 6.46. The Morgan fingerprint density at radius 2 is 1.60 bits per heavy atom. The number of carbonyl (C=O) groups excluding carboxylic acids is 1. The van der Waals surface area contributed by atoms with Crippen molar-refractivity contribution in [1.29, 1.82) is 0 Å². The minimum absolute atomic E-state index is 0.0745. The number of phenolic OH excluding ortho intramolecular Hbond substituents is 1. The van der Waals surface area contributed by atoms with Gasteiger partial charge < -0.3 is 14.6 Å². The molecule has 0 heterocycles. The van der Waals surface area contributed by atoms with Crippen LogP contribution in [0.2, 0.25) is 0 Å². The molecule has 2 rings (SSSR count). The van der Waals surface area contributed by atoms with Gasteiger partial charge in [0.1, 0.15) is 5.75 Å². The number of rotatable bonds is 4. The van der Waals surface area contributed by atoms with Gasteiger partial charge in [0.15, 0.2) is 11.5 Å². The van der Waals surface area contributed by atoms with E-state index < -0.39 is 6.16 Å². The molecule has 0 unspecified atom stereocenters. The third-order valence-corrected chi connectivity index (χ3v) is 2.74. The molecule has 0 aliphatic carbocycles. The monoisotopic (exact) mass is 272 g/mol. The number of phenols is 1. The van der Waals surface area contributed by atoms with Gasteiger partial charge in [-0.25, -0.2) is 4.79 Å². The Bertz CT molecular complexity index is 593. The Kier molecular flexibility index (Phi) is 4.60. The van der Waals surface area contributed by atoms with Gasteiger partial charge in [0.2, 0.25) is 0 Å². The molecule has 2 aromatic carbocycles. The van der Waals surface area contributed by atoms with E-state index in [1.807, 2.05) is 12.1 Å². The van der Waals surface area contributed by atoms with Crippen molar-refractivity contribution in [2.45, 2.75) is 19.8 Å². The molecule has 4 heteroatoms. The van der Waals surface area contributed by atoms with E-state index in [2.05, 4.69) is 6.92 Å². The van der Waals surface area contributed by atoms with Gasteiger partial charge in [-0.2, -0.15) is 0 Å². The van der Waals surface area contributed by atoms with Crippen LogP contribution in [0.3, 0.4) is 0 Å². The number of ether oxygens (including phenoxy) is 2. The van der Waals surface area contributed by atoms with Gasteiger partial charge in [-0.05, 0) is 30.2 Å². The Balaban J connectivity index is 2.07. The summed E-state index contributed by atoms with van der Waals surface area (Å²) < 4.78 is 10.2. The molecule has 0 bridgehead atoms. The Labute approximate surface area is 117 Å². The lowest BCUT2D eigenvalue weighted by Crippen LogP contribution is -2.14. The summed E-state index contributed by atoms with van der Waals surface area (Å²) in [6.45, 7) is 2.05. The molecule has 0 saturated carbocycles. The minimum Gasteiger partial charge on any atom is -0.504 e. The van der Waals surface area contributed by atoms with Crippen molar-refractivity contribution in [3.05, 3.63) is 54.1 Å². The fourth-order valence-electron chi connectivity index (χ4n) is 1.82. The maximum Gasteiger partial charge on any atom is 0.519 e. The van der Waals surface area contributed by atoms with Crippen molar-refractivity contribution < 1.29 is 19.4 Å². The van der Waals surface area contributed by atoms with Crippen molar-refractivity contribution in [3.63, 3.8) is 0 Å². The van der Waals surface area contributed by atoms with E-state index in [0.29, 0.717) is 5.75 Å². The molecule has 0 radical (unpaired) electrons. The predicted octanol–water partition coefficient (Wildman–Crippen LogP) is 3.92. The molecule has 0 amide bonds. The molecule has 4 nitrogen and oxygen atoms in total. The molecule has 104 valence electrons. The molecule has 0 saturated heterocycles. The van der Waals surface area contributed by atoms with Crippen LogP contribution in [-0.4, -0.2) is 11.3 Å². The molecular weight excluding hydrogens is 256 g/mol. The summed E-state index contributed by atoms with van der Waals surface area (Å²) in [4.78, 5) is 11.7. The van der Waals surface area contributed by atoms with Gasteiger partial charge in [-0.1, -0.05) is 43.7 Å². The number of benzene rings is 2. The fourth-order valence-corrected chi connectivity index (χ4v) is 1.82. The average Bonchev–Trinajstić information content (AvgIpc) is 2.44. The maximum absolute atomic E-state index is 11.7. The van der Waals surface area contributed by atoms with Crippen LogP contribution in [0.15, 0.2) is 48.5 Å². The molecular formula is C16H16O4. The van der Waals surface area contributed by atoms with E-state index >= 15 is 0 Å². The second-order valence-electron chi connectivity index (χ2n) is 4.28. The highest BCUT2D eigenvalue weighted by molar-refractivity contribution is 5.68. The normalized spacial score (nSPS) is 10.1. The lowest BCUT2D eigenvalue weighted by Gasteiger charge is -2.10. The van der Waals surface area contributed by atoms with Gasteiger partial charge in [-0.3, -0.25) is 0 Å². The Morgan fingerprint density at radius 1 is 1.00 bits per heavy atom. The van der Waals surface area contributed by atoms with Crippen LogP contribution in [0, 0.1) is 0 Å². The molecule has 0 spiro atoms. The van der Waals surface area contributed by atoms with E-state index in [1.54, 1.807) is 24.3 Å². The number of hydrogen-bond acceptors (Lipinski definition) is 4. The third-order valence-electron chi connectivity index (χ3n) is 2.74. The summed E-state index contributed by atoms with van der Waals surface area (Å²) in [7, 11) is 0. The van der Waals surface area contributed by atoms with Gasteiger partial charge in [0.05, 0.1) is 0 Å². The van der Waals surface area contributed by atoms with E-state index in [9.17, 15) is 9.90 Å². The van der Waals surface area contributed by atoms with E-state index in [-0.39, 0.29) is 11.5 Å². The van der Waals surface area contributed by atoms with Crippen LogP contribution in [0.1, 0.15) is 18.9 Å². The lowest BCUT2D eigenvalue weighted by atomic mass is 10.1. The number of carbonyl (C=O) groups is 1. The van der Waals surface area contributed by atoms with Gasteiger partial charge >= 0.3 is 6.16 Å². The van der Waals surface area contributed by atoms with E-state index in [1.165, 1.54) is 12.1 Å². The molecule has 0 aromatic heterocycles. The SMILES string of the molecule is CCCc1ccccc1OC(=O)Oc1ccccc1O. The van der Waals surface area contributed by atoms with Crippen LogP contribution < -0.4 is 9.47 Å². The number of aryl methyl sites for hydroxylation is 1. The van der Waals surface area contributed by atoms with E-state index in [0.717, 1.165) is 18.4 Å². The van der Waals surface area contributed by atoms with E-state index in [4.69, 9.17) is 9.47 Å². The first-order chi connectivity index (χ1) is 9.70. The topological polar surface area (TPSA) is 55.8 Å². The van der Waals surface area contributed by atoms with Crippen LogP contribution >= 0.6 is 0 Å². The van der Waals surface area contributed by atoms with Crippen molar-refractivity contribution in [2.75, 3.05) is 0 Å². The molecule has 0 aliphatic heterocycles.